The van der Waals surface area contributed by atoms with Crippen LogP contribution in [0.1, 0.15) is 16.7 Å². The third-order valence-electron chi connectivity index (χ3n) is 4.93. The number of ether oxygens (including phenoxy) is 1. The number of halogens is 1. The molecular formula is C19H22ClNO2Si. The van der Waals surface area contributed by atoms with Crippen LogP contribution in [-0.4, -0.2) is 21.1 Å². The molecule has 1 unspecified atom stereocenters. The molecule has 24 heavy (non-hydrogen) atoms. The summed E-state index contributed by atoms with van der Waals surface area (Å²) in [5.74, 6) is 0.752. The van der Waals surface area contributed by atoms with Crippen molar-refractivity contribution in [2.45, 2.75) is 31.6 Å². The molecule has 1 aliphatic rings. The van der Waals surface area contributed by atoms with Crippen molar-refractivity contribution in [1.82, 2.24) is 0 Å². The van der Waals surface area contributed by atoms with Gasteiger partial charge in [-0.15, -0.1) is 0 Å². The lowest BCUT2D eigenvalue weighted by Crippen LogP contribution is -2.55. The molecule has 0 fully saturated rings. The molecule has 0 saturated heterocycles. The van der Waals surface area contributed by atoms with Crippen molar-refractivity contribution in [3.05, 3.63) is 58.1 Å². The Labute approximate surface area is 149 Å². The second-order valence-electron chi connectivity index (χ2n) is 7.30. The van der Waals surface area contributed by atoms with Gasteiger partial charge in [0.05, 0.1) is 20.2 Å². The molecule has 2 aromatic carbocycles. The fraction of sp³-hybridized carbons (Fsp3) is 0.316. The quantitative estimate of drug-likeness (QED) is 0.801. The zero-order chi connectivity index (χ0) is 17.7. The van der Waals surface area contributed by atoms with Gasteiger partial charge in [0.15, 0.2) is 0 Å². The smallest absolute Gasteiger partial charge is 0.236 e. The van der Waals surface area contributed by atoms with Crippen molar-refractivity contribution in [3.8, 4) is 5.75 Å². The molecule has 1 aliphatic heterocycles. The van der Waals surface area contributed by atoms with Gasteiger partial charge in [-0.3, -0.25) is 4.79 Å². The van der Waals surface area contributed by atoms with Crippen molar-refractivity contribution >= 4 is 31.3 Å². The Bertz CT molecular complexity index is 829. The maximum atomic E-state index is 13.3. The first-order chi connectivity index (χ1) is 11.2. The molecule has 0 saturated carbocycles. The van der Waals surface area contributed by atoms with Crippen LogP contribution in [0, 0.1) is 6.92 Å². The summed E-state index contributed by atoms with van der Waals surface area (Å²) in [5, 5.41) is 3.05. The van der Waals surface area contributed by atoms with Crippen molar-refractivity contribution in [1.29, 1.82) is 0 Å². The molecule has 1 N–H and O–H groups in total. The molecule has 126 valence electrons. The minimum atomic E-state index is -2.07. The normalized spacial score (nSPS) is 19.8. The highest BCUT2D eigenvalue weighted by Crippen LogP contribution is 2.52. The average molecular weight is 360 g/mol. The van der Waals surface area contributed by atoms with Crippen molar-refractivity contribution in [3.63, 3.8) is 0 Å². The Balaban J connectivity index is 2.43. The molecule has 1 heterocycles. The van der Waals surface area contributed by atoms with Gasteiger partial charge < -0.3 is 10.1 Å². The highest BCUT2D eigenvalue weighted by Gasteiger charge is 2.58. The summed E-state index contributed by atoms with van der Waals surface area (Å²) in [6, 6.07) is 11.7. The Morgan fingerprint density at radius 1 is 1.12 bits per heavy atom. The molecule has 0 radical (unpaired) electrons. The molecule has 3 nitrogen and oxygen atoms in total. The number of benzene rings is 2. The van der Waals surface area contributed by atoms with Gasteiger partial charge in [0.1, 0.15) is 5.75 Å². The number of hydrogen-bond donors (Lipinski definition) is 1. The Morgan fingerprint density at radius 3 is 2.42 bits per heavy atom. The minimum Gasteiger partial charge on any atom is -0.496 e. The molecule has 0 aromatic heterocycles. The third-order valence-corrected chi connectivity index (χ3v) is 8.35. The molecule has 3 rings (SSSR count). The molecule has 0 aliphatic carbocycles. The van der Waals surface area contributed by atoms with Crippen LogP contribution >= 0.6 is 11.6 Å². The standard InChI is InChI=1S/C19H22ClNO2Si/c1-12-10-16-14(11-15(12)20)19(18(22)21-16,24(3,4)5)13-8-6-7-9-17(13)23-2/h6-11H,1-5H3,(H,21,22). The molecular weight excluding hydrogens is 338 g/mol. The highest BCUT2D eigenvalue weighted by molar-refractivity contribution is 6.84. The molecule has 5 heteroatoms. The number of carbonyl (C=O) groups is 1. The second-order valence-corrected chi connectivity index (χ2v) is 13.0. The van der Waals surface area contributed by atoms with Gasteiger partial charge >= 0.3 is 0 Å². The van der Waals surface area contributed by atoms with Gasteiger partial charge in [-0.25, -0.2) is 0 Å². The molecule has 1 atom stereocenters. The average Bonchev–Trinajstić information content (AvgIpc) is 2.79. The largest absolute Gasteiger partial charge is 0.496 e. The summed E-state index contributed by atoms with van der Waals surface area (Å²) >= 11 is 6.42. The number of nitrogens with one attached hydrogen (secondary N) is 1. The molecule has 1 amide bonds. The van der Waals surface area contributed by atoms with Crippen LogP contribution in [0.25, 0.3) is 0 Å². The van der Waals surface area contributed by atoms with E-state index in [2.05, 4.69) is 25.0 Å². The van der Waals surface area contributed by atoms with Crippen LogP contribution in [-0.2, 0) is 9.83 Å². The van der Waals surface area contributed by atoms with Gasteiger partial charge in [-0.1, -0.05) is 49.4 Å². The summed E-state index contributed by atoms with van der Waals surface area (Å²) < 4.78 is 5.60. The van der Waals surface area contributed by atoms with Crippen LogP contribution in [0.3, 0.4) is 0 Å². The molecule has 0 spiro atoms. The lowest BCUT2D eigenvalue weighted by Gasteiger charge is -2.40. The number of para-hydroxylation sites is 1. The van der Waals surface area contributed by atoms with Gasteiger partial charge in [0.25, 0.3) is 0 Å². The predicted octanol–water partition coefficient (Wildman–Crippen LogP) is 4.77. The monoisotopic (exact) mass is 359 g/mol. The number of methoxy groups -OCH3 is 1. The van der Waals surface area contributed by atoms with E-state index < -0.39 is 13.1 Å². The summed E-state index contributed by atoms with van der Waals surface area (Å²) in [4.78, 5) is 13.3. The van der Waals surface area contributed by atoms with Gasteiger partial charge in [0, 0.05) is 16.3 Å². The lowest BCUT2D eigenvalue weighted by atomic mass is 9.89. The lowest BCUT2D eigenvalue weighted by molar-refractivity contribution is -0.117. The number of rotatable bonds is 3. The first-order valence-corrected chi connectivity index (χ1v) is 11.9. The Kier molecular flexibility index (Phi) is 4.01. The zero-order valence-corrected chi connectivity index (χ0v) is 16.4. The molecule has 2 aromatic rings. The Hall–Kier alpha value is -1.78. The topological polar surface area (TPSA) is 38.3 Å². The van der Waals surface area contributed by atoms with E-state index in [9.17, 15) is 4.79 Å². The van der Waals surface area contributed by atoms with Crippen LogP contribution in [0.5, 0.6) is 5.75 Å². The number of carbonyl (C=O) groups excluding carboxylic acids is 1. The summed E-state index contributed by atoms with van der Waals surface area (Å²) in [7, 11) is -0.423. The van der Waals surface area contributed by atoms with Crippen LogP contribution < -0.4 is 10.1 Å². The van der Waals surface area contributed by atoms with E-state index in [0.29, 0.717) is 5.02 Å². The predicted molar refractivity (Wildman–Crippen MR) is 102 cm³/mol. The van der Waals surface area contributed by atoms with E-state index in [4.69, 9.17) is 16.3 Å². The van der Waals surface area contributed by atoms with E-state index in [-0.39, 0.29) is 5.91 Å². The fourth-order valence-corrected chi connectivity index (χ4v) is 6.74. The van der Waals surface area contributed by atoms with E-state index in [1.807, 2.05) is 43.3 Å². The van der Waals surface area contributed by atoms with E-state index >= 15 is 0 Å². The zero-order valence-electron chi connectivity index (χ0n) is 14.7. The minimum absolute atomic E-state index is 0.0165. The van der Waals surface area contributed by atoms with Gasteiger partial charge in [0.2, 0.25) is 5.91 Å². The van der Waals surface area contributed by atoms with Crippen LogP contribution in [0.15, 0.2) is 36.4 Å². The first-order valence-electron chi connectivity index (χ1n) is 7.99. The maximum Gasteiger partial charge on any atom is 0.236 e. The molecule has 0 bridgehead atoms. The SMILES string of the molecule is COc1ccccc1C1([Si](C)(C)C)C(=O)Nc2cc(C)c(Cl)cc21. The third kappa shape index (κ3) is 2.20. The van der Waals surface area contributed by atoms with Crippen LogP contribution in [0.2, 0.25) is 24.7 Å². The van der Waals surface area contributed by atoms with E-state index in [1.165, 1.54) is 0 Å². The number of aryl methyl sites for hydroxylation is 1. The Morgan fingerprint density at radius 2 is 1.79 bits per heavy atom. The summed E-state index contributed by atoms with van der Waals surface area (Å²) in [6.07, 6.45) is 0. The first kappa shape index (κ1) is 17.1. The number of fused-ring (bicyclic) bond motifs is 1. The summed E-state index contributed by atoms with van der Waals surface area (Å²) in [5.41, 5.74) is 3.70. The van der Waals surface area contributed by atoms with Gasteiger partial charge in [-0.2, -0.15) is 0 Å². The summed E-state index contributed by atoms with van der Waals surface area (Å²) in [6.45, 7) is 8.58. The van der Waals surface area contributed by atoms with Gasteiger partial charge in [-0.05, 0) is 36.2 Å². The maximum absolute atomic E-state index is 13.3. The fourth-order valence-electron chi connectivity index (χ4n) is 3.80. The van der Waals surface area contributed by atoms with Crippen LogP contribution in [0.4, 0.5) is 5.69 Å². The van der Waals surface area contributed by atoms with Crippen molar-refractivity contribution < 1.29 is 9.53 Å². The van der Waals surface area contributed by atoms with E-state index in [0.717, 1.165) is 28.1 Å². The van der Waals surface area contributed by atoms with Crippen molar-refractivity contribution in [2.24, 2.45) is 0 Å². The number of amides is 1. The number of anilines is 1. The van der Waals surface area contributed by atoms with E-state index in [1.54, 1.807) is 7.11 Å². The highest BCUT2D eigenvalue weighted by atomic mass is 35.5. The number of hydrogen-bond acceptors (Lipinski definition) is 2. The second kappa shape index (κ2) is 5.64. The van der Waals surface area contributed by atoms with Crippen molar-refractivity contribution in [2.75, 3.05) is 12.4 Å².